The molecule has 1 rings (SSSR count). The Morgan fingerprint density at radius 3 is 2.69 bits per heavy atom. The summed E-state index contributed by atoms with van der Waals surface area (Å²) < 4.78 is 28.0. The fourth-order valence-corrected chi connectivity index (χ4v) is 2.12. The molecule has 1 aliphatic rings. The van der Waals surface area contributed by atoms with Crippen molar-refractivity contribution in [2.45, 2.75) is 31.6 Å². The van der Waals surface area contributed by atoms with Gasteiger partial charge in [0.25, 0.3) is 0 Å². The van der Waals surface area contributed by atoms with Gasteiger partial charge in [0.1, 0.15) is 5.25 Å². The van der Waals surface area contributed by atoms with E-state index in [-0.39, 0.29) is 12.0 Å². The molecule has 94 valence electrons. The molecule has 0 aromatic heterocycles. The van der Waals surface area contributed by atoms with Crippen molar-refractivity contribution in [3.05, 3.63) is 0 Å². The van der Waals surface area contributed by atoms with Crippen molar-refractivity contribution in [1.29, 1.82) is 0 Å². The van der Waals surface area contributed by atoms with E-state index in [0.29, 0.717) is 19.7 Å². The quantitative estimate of drug-likeness (QED) is 0.709. The molecular formula is C10H19NO4S. The van der Waals surface area contributed by atoms with Crippen molar-refractivity contribution < 1.29 is 17.9 Å². The lowest BCUT2D eigenvalue weighted by atomic mass is 10.2. The van der Waals surface area contributed by atoms with Gasteiger partial charge in [-0.1, -0.05) is 6.92 Å². The van der Waals surface area contributed by atoms with Crippen molar-refractivity contribution in [3.8, 4) is 0 Å². The topological polar surface area (TPSA) is 63.7 Å². The largest absolute Gasteiger partial charge is 0.375 e. The number of hydrogen-bond acceptors (Lipinski definition) is 4. The highest BCUT2D eigenvalue weighted by atomic mass is 32.2. The van der Waals surface area contributed by atoms with E-state index in [1.165, 1.54) is 6.92 Å². The molecule has 1 amide bonds. The predicted octanol–water partition coefficient (Wildman–Crippen LogP) is 0.0569. The lowest BCUT2D eigenvalue weighted by Gasteiger charge is -2.33. The third kappa shape index (κ3) is 3.18. The van der Waals surface area contributed by atoms with Crippen molar-refractivity contribution in [2.75, 3.05) is 26.0 Å². The second-order valence-corrected chi connectivity index (χ2v) is 6.52. The molecule has 0 radical (unpaired) electrons. The Labute approximate surface area is 96.7 Å². The van der Waals surface area contributed by atoms with Crippen molar-refractivity contribution in [2.24, 2.45) is 0 Å². The molecule has 0 aliphatic carbocycles. The van der Waals surface area contributed by atoms with E-state index < -0.39 is 15.1 Å². The van der Waals surface area contributed by atoms with Crippen LogP contribution in [0.25, 0.3) is 0 Å². The Balaban J connectivity index is 2.67. The van der Waals surface area contributed by atoms with E-state index in [4.69, 9.17) is 4.74 Å². The fraction of sp³-hybridized carbons (Fsp3) is 0.900. The molecule has 2 atom stereocenters. The number of amides is 1. The Morgan fingerprint density at radius 1 is 1.56 bits per heavy atom. The maximum Gasteiger partial charge on any atom is 0.240 e. The average molecular weight is 249 g/mol. The molecule has 1 saturated heterocycles. The third-order valence-electron chi connectivity index (χ3n) is 2.90. The lowest BCUT2D eigenvalue weighted by Crippen LogP contribution is -2.49. The number of hydrogen-bond donors (Lipinski definition) is 0. The van der Waals surface area contributed by atoms with Crippen LogP contribution in [0.2, 0.25) is 0 Å². The first-order chi connectivity index (χ1) is 7.36. The number of ether oxygens (including phenoxy) is 1. The van der Waals surface area contributed by atoms with Gasteiger partial charge < -0.3 is 9.64 Å². The van der Waals surface area contributed by atoms with Gasteiger partial charge in [-0.2, -0.15) is 0 Å². The summed E-state index contributed by atoms with van der Waals surface area (Å²) in [6.45, 7) is 4.89. The maximum atomic E-state index is 11.9. The van der Waals surface area contributed by atoms with Gasteiger partial charge in [-0.25, -0.2) is 8.42 Å². The van der Waals surface area contributed by atoms with Crippen molar-refractivity contribution in [1.82, 2.24) is 4.90 Å². The van der Waals surface area contributed by atoms with Crippen LogP contribution in [-0.2, 0) is 19.4 Å². The molecule has 16 heavy (non-hydrogen) atoms. The van der Waals surface area contributed by atoms with E-state index in [1.807, 2.05) is 6.92 Å². The molecule has 0 N–H and O–H groups in total. The van der Waals surface area contributed by atoms with Gasteiger partial charge in [-0.05, 0) is 13.3 Å². The van der Waals surface area contributed by atoms with Crippen LogP contribution in [0.5, 0.6) is 0 Å². The summed E-state index contributed by atoms with van der Waals surface area (Å²) in [5.74, 6) is -0.316. The van der Waals surface area contributed by atoms with Crippen LogP contribution in [-0.4, -0.2) is 56.5 Å². The first-order valence-corrected chi connectivity index (χ1v) is 7.41. The Bertz CT molecular complexity index is 352. The first kappa shape index (κ1) is 13.4. The number of nitrogens with zero attached hydrogens (tertiary/aromatic N) is 1. The van der Waals surface area contributed by atoms with Gasteiger partial charge in [0, 0.05) is 19.3 Å². The zero-order valence-electron chi connectivity index (χ0n) is 9.97. The molecule has 0 bridgehead atoms. The average Bonchev–Trinajstić information content (AvgIpc) is 2.26. The van der Waals surface area contributed by atoms with E-state index in [2.05, 4.69) is 0 Å². The van der Waals surface area contributed by atoms with Gasteiger partial charge in [0.05, 0.1) is 12.7 Å². The van der Waals surface area contributed by atoms with E-state index in [9.17, 15) is 13.2 Å². The number of rotatable bonds is 3. The molecule has 5 nitrogen and oxygen atoms in total. The van der Waals surface area contributed by atoms with Gasteiger partial charge in [0.15, 0.2) is 9.84 Å². The lowest BCUT2D eigenvalue weighted by molar-refractivity contribution is -0.138. The molecular weight excluding hydrogens is 230 g/mol. The fourth-order valence-electron chi connectivity index (χ4n) is 1.61. The van der Waals surface area contributed by atoms with Crippen LogP contribution >= 0.6 is 0 Å². The van der Waals surface area contributed by atoms with Crippen LogP contribution in [0.3, 0.4) is 0 Å². The minimum absolute atomic E-state index is 0.0319. The molecule has 0 aromatic carbocycles. The molecule has 1 fully saturated rings. The highest BCUT2D eigenvalue weighted by Crippen LogP contribution is 2.11. The summed E-state index contributed by atoms with van der Waals surface area (Å²) in [5.41, 5.74) is 0. The second kappa shape index (κ2) is 5.14. The summed E-state index contributed by atoms with van der Waals surface area (Å²) in [6, 6.07) is 0. The minimum Gasteiger partial charge on any atom is -0.375 e. The van der Waals surface area contributed by atoms with Crippen molar-refractivity contribution in [3.63, 3.8) is 0 Å². The minimum atomic E-state index is -3.31. The normalized spacial score (nSPS) is 24.2. The smallest absolute Gasteiger partial charge is 0.240 e. The van der Waals surface area contributed by atoms with Gasteiger partial charge >= 0.3 is 0 Å². The third-order valence-corrected chi connectivity index (χ3v) is 4.38. The number of sulfone groups is 1. The predicted molar refractivity (Wildman–Crippen MR) is 60.9 cm³/mol. The summed E-state index contributed by atoms with van der Waals surface area (Å²) in [6.07, 6.45) is 1.95. The van der Waals surface area contributed by atoms with Crippen LogP contribution < -0.4 is 0 Å². The van der Waals surface area contributed by atoms with E-state index in [0.717, 1.165) is 12.7 Å². The van der Waals surface area contributed by atoms with Gasteiger partial charge in [0.2, 0.25) is 5.91 Å². The molecule has 1 heterocycles. The highest BCUT2D eigenvalue weighted by Gasteiger charge is 2.31. The number of carbonyl (C=O) groups excluding carboxylic acids is 1. The maximum absolute atomic E-state index is 11.9. The SMILES string of the molecule is CCC1CN(C(=O)C(C)S(C)(=O)=O)CCO1. The zero-order chi connectivity index (χ0) is 12.3. The van der Waals surface area contributed by atoms with E-state index in [1.54, 1.807) is 4.90 Å². The van der Waals surface area contributed by atoms with Gasteiger partial charge in [-0.3, -0.25) is 4.79 Å². The summed E-state index contributed by atoms with van der Waals surface area (Å²) in [4.78, 5) is 13.5. The zero-order valence-corrected chi connectivity index (χ0v) is 10.8. The molecule has 0 saturated carbocycles. The summed E-state index contributed by atoms with van der Waals surface area (Å²) >= 11 is 0. The first-order valence-electron chi connectivity index (χ1n) is 5.45. The van der Waals surface area contributed by atoms with Gasteiger partial charge in [-0.15, -0.1) is 0 Å². The summed E-state index contributed by atoms with van der Waals surface area (Å²) in [5, 5.41) is -0.955. The summed E-state index contributed by atoms with van der Waals surface area (Å²) in [7, 11) is -3.31. The van der Waals surface area contributed by atoms with Crippen LogP contribution in [0.4, 0.5) is 0 Å². The Hall–Kier alpha value is -0.620. The number of carbonyl (C=O) groups is 1. The van der Waals surface area contributed by atoms with Crippen molar-refractivity contribution >= 4 is 15.7 Å². The monoisotopic (exact) mass is 249 g/mol. The molecule has 2 unspecified atom stereocenters. The van der Waals surface area contributed by atoms with E-state index >= 15 is 0 Å². The molecule has 0 spiro atoms. The Morgan fingerprint density at radius 2 is 2.19 bits per heavy atom. The number of morpholine rings is 1. The Kier molecular flexibility index (Phi) is 4.32. The molecule has 0 aromatic rings. The van der Waals surface area contributed by atoms with Crippen LogP contribution in [0.15, 0.2) is 0 Å². The standard InChI is InChI=1S/C10H19NO4S/c1-4-9-7-11(5-6-15-9)10(12)8(2)16(3,13)14/h8-9H,4-7H2,1-3H3. The second-order valence-electron chi connectivity index (χ2n) is 4.16. The molecule has 6 heteroatoms. The van der Waals surface area contributed by atoms with Crippen LogP contribution in [0.1, 0.15) is 20.3 Å². The highest BCUT2D eigenvalue weighted by molar-refractivity contribution is 7.92. The molecule has 1 aliphatic heterocycles. The van der Waals surface area contributed by atoms with Crippen LogP contribution in [0, 0.1) is 0 Å².